The molecule has 1 amide bonds. The number of guanidine groups is 1. The minimum Gasteiger partial charge on any atom is -0.357 e. The summed E-state index contributed by atoms with van der Waals surface area (Å²) in [4.78, 5) is 19.2. The Morgan fingerprint density at radius 3 is 2.32 bits per heavy atom. The highest BCUT2D eigenvalue weighted by Gasteiger charge is 2.29. The predicted octanol–water partition coefficient (Wildman–Crippen LogP) is 3.14. The molecule has 0 aromatic heterocycles. The molecule has 7 heteroatoms. The number of nitrogens with zero attached hydrogens (tertiary/aromatic N) is 2. The van der Waals surface area contributed by atoms with E-state index in [-0.39, 0.29) is 36.4 Å². The summed E-state index contributed by atoms with van der Waals surface area (Å²) in [6.07, 6.45) is 1.05. The molecule has 0 spiro atoms. The van der Waals surface area contributed by atoms with Gasteiger partial charge in [0.2, 0.25) is 5.91 Å². The van der Waals surface area contributed by atoms with E-state index in [0.29, 0.717) is 24.6 Å². The smallest absolute Gasteiger partial charge is 0.242 e. The zero-order chi connectivity index (χ0) is 21.2. The molecule has 3 N–H and O–H groups in total. The Kier molecular flexibility index (Phi) is 10.8. The van der Waals surface area contributed by atoms with Gasteiger partial charge >= 0.3 is 0 Å². The number of aliphatic imine (C=N–C) groups is 1. The summed E-state index contributed by atoms with van der Waals surface area (Å²) in [6, 6.07) is 21.3. The maximum atomic E-state index is 12.2. The van der Waals surface area contributed by atoms with Gasteiger partial charge in [0.1, 0.15) is 6.54 Å². The van der Waals surface area contributed by atoms with Crippen molar-refractivity contribution in [2.75, 3.05) is 19.6 Å². The summed E-state index contributed by atoms with van der Waals surface area (Å²) in [7, 11) is 0. The van der Waals surface area contributed by atoms with Gasteiger partial charge in [-0.05, 0) is 31.4 Å². The minimum atomic E-state index is -0.0819. The van der Waals surface area contributed by atoms with E-state index in [1.807, 2.05) is 37.3 Å². The number of carbonyl (C=O) groups is 1. The second-order valence-electron chi connectivity index (χ2n) is 7.80. The number of likely N-dealkylation sites (tertiary alicyclic amines) is 1. The summed E-state index contributed by atoms with van der Waals surface area (Å²) >= 11 is 0. The number of hydrogen-bond acceptors (Lipinski definition) is 3. The van der Waals surface area contributed by atoms with Crippen molar-refractivity contribution in [1.82, 2.24) is 20.9 Å². The summed E-state index contributed by atoms with van der Waals surface area (Å²) < 4.78 is 0. The summed E-state index contributed by atoms with van der Waals surface area (Å²) in [5.41, 5.74) is 2.42. The molecule has 2 unspecified atom stereocenters. The number of nitrogens with one attached hydrogen (secondary N) is 3. The SMILES string of the molecule is CCNC(=NCC(=O)NCc1ccccc1)NC1CC(C)N(Cc2ccccc2)C1.I. The van der Waals surface area contributed by atoms with Crippen molar-refractivity contribution in [1.29, 1.82) is 0 Å². The van der Waals surface area contributed by atoms with E-state index < -0.39 is 0 Å². The average Bonchev–Trinajstić information content (AvgIpc) is 3.10. The summed E-state index contributed by atoms with van der Waals surface area (Å²) in [5.74, 6) is 0.618. The van der Waals surface area contributed by atoms with Crippen LogP contribution in [0.2, 0.25) is 0 Å². The molecule has 168 valence electrons. The van der Waals surface area contributed by atoms with Crippen molar-refractivity contribution >= 4 is 35.8 Å². The van der Waals surface area contributed by atoms with E-state index in [9.17, 15) is 4.79 Å². The monoisotopic (exact) mass is 535 g/mol. The number of amides is 1. The molecule has 3 rings (SSSR count). The Morgan fingerprint density at radius 1 is 1.03 bits per heavy atom. The predicted molar refractivity (Wildman–Crippen MR) is 138 cm³/mol. The molecule has 2 aromatic rings. The maximum Gasteiger partial charge on any atom is 0.242 e. The van der Waals surface area contributed by atoms with Crippen LogP contribution in [0.15, 0.2) is 65.7 Å². The van der Waals surface area contributed by atoms with Crippen molar-refractivity contribution in [3.8, 4) is 0 Å². The molecule has 2 aromatic carbocycles. The largest absolute Gasteiger partial charge is 0.357 e. The van der Waals surface area contributed by atoms with Crippen molar-refractivity contribution in [3.63, 3.8) is 0 Å². The molecule has 1 aliphatic heterocycles. The second kappa shape index (κ2) is 13.3. The normalized spacial score (nSPS) is 18.8. The Morgan fingerprint density at radius 2 is 1.68 bits per heavy atom. The van der Waals surface area contributed by atoms with E-state index in [1.165, 1.54) is 5.56 Å². The highest BCUT2D eigenvalue weighted by Crippen LogP contribution is 2.20. The Hall–Kier alpha value is -2.13. The summed E-state index contributed by atoms with van der Waals surface area (Å²) in [5, 5.41) is 9.69. The third kappa shape index (κ3) is 8.49. The fourth-order valence-corrected chi connectivity index (χ4v) is 3.76. The van der Waals surface area contributed by atoms with E-state index in [4.69, 9.17) is 0 Å². The van der Waals surface area contributed by atoms with Crippen LogP contribution in [-0.2, 0) is 17.9 Å². The molecule has 0 radical (unpaired) electrons. The minimum absolute atomic E-state index is 0. The fourth-order valence-electron chi connectivity index (χ4n) is 3.76. The van der Waals surface area contributed by atoms with E-state index >= 15 is 0 Å². The van der Waals surface area contributed by atoms with Crippen LogP contribution in [0.4, 0.5) is 0 Å². The molecule has 31 heavy (non-hydrogen) atoms. The van der Waals surface area contributed by atoms with Gasteiger partial charge in [0, 0.05) is 38.3 Å². The lowest BCUT2D eigenvalue weighted by Crippen LogP contribution is -2.45. The molecule has 6 nitrogen and oxygen atoms in total. The first kappa shape index (κ1) is 25.1. The zero-order valence-corrected chi connectivity index (χ0v) is 20.7. The lowest BCUT2D eigenvalue weighted by Gasteiger charge is -2.21. The summed E-state index contributed by atoms with van der Waals surface area (Å²) in [6.45, 7) is 7.60. The number of rotatable bonds is 8. The van der Waals surface area contributed by atoms with E-state index in [1.54, 1.807) is 0 Å². The first-order valence-electron chi connectivity index (χ1n) is 10.8. The molecule has 1 aliphatic rings. The van der Waals surface area contributed by atoms with Crippen molar-refractivity contribution < 1.29 is 4.79 Å². The van der Waals surface area contributed by atoms with E-state index in [2.05, 4.69) is 63.1 Å². The third-order valence-corrected chi connectivity index (χ3v) is 5.33. The first-order valence-corrected chi connectivity index (χ1v) is 10.8. The van der Waals surface area contributed by atoms with Crippen molar-refractivity contribution in [2.24, 2.45) is 4.99 Å². The van der Waals surface area contributed by atoms with Gasteiger partial charge in [-0.2, -0.15) is 0 Å². The number of halogens is 1. The van der Waals surface area contributed by atoms with Gasteiger partial charge in [0.25, 0.3) is 0 Å². The third-order valence-electron chi connectivity index (χ3n) is 5.33. The number of carbonyl (C=O) groups excluding carboxylic acids is 1. The molecular formula is C24H34IN5O. The lowest BCUT2D eigenvalue weighted by atomic mass is 10.2. The molecule has 1 saturated heterocycles. The van der Waals surface area contributed by atoms with Gasteiger partial charge in [0.15, 0.2) is 5.96 Å². The topological polar surface area (TPSA) is 68.8 Å². The maximum absolute atomic E-state index is 12.2. The van der Waals surface area contributed by atoms with Crippen LogP contribution in [0.25, 0.3) is 0 Å². The molecule has 0 bridgehead atoms. The quantitative estimate of drug-likeness (QED) is 0.276. The lowest BCUT2D eigenvalue weighted by molar-refractivity contribution is -0.119. The molecule has 0 aliphatic carbocycles. The Bertz CT molecular complexity index is 815. The molecule has 1 fully saturated rings. The molecule has 1 heterocycles. The standard InChI is InChI=1S/C24H33N5O.HI/c1-3-25-24(27-16-23(30)26-15-20-10-6-4-7-11-20)28-22-14-19(2)29(18-22)17-21-12-8-5-9-13-21;/h4-13,19,22H,3,14-18H2,1-2H3,(H,26,30)(H2,25,27,28);1H. The van der Waals surface area contributed by atoms with Crippen LogP contribution >= 0.6 is 24.0 Å². The van der Waals surface area contributed by atoms with Crippen LogP contribution in [0.1, 0.15) is 31.4 Å². The average molecular weight is 535 g/mol. The van der Waals surface area contributed by atoms with Crippen LogP contribution in [0.5, 0.6) is 0 Å². The Balaban J connectivity index is 0.00000341. The van der Waals surface area contributed by atoms with E-state index in [0.717, 1.165) is 31.6 Å². The highest BCUT2D eigenvalue weighted by atomic mass is 127. The highest BCUT2D eigenvalue weighted by molar-refractivity contribution is 14.0. The molecule has 0 saturated carbocycles. The molecular weight excluding hydrogens is 501 g/mol. The van der Waals surface area contributed by atoms with Crippen molar-refractivity contribution in [2.45, 2.75) is 45.4 Å². The van der Waals surface area contributed by atoms with Crippen LogP contribution in [-0.4, -0.2) is 48.5 Å². The van der Waals surface area contributed by atoms with Crippen LogP contribution in [0.3, 0.4) is 0 Å². The van der Waals surface area contributed by atoms with Gasteiger partial charge in [-0.1, -0.05) is 60.7 Å². The van der Waals surface area contributed by atoms with Crippen molar-refractivity contribution in [3.05, 3.63) is 71.8 Å². The molecule has 2 atom stereocenters. The van der Waals surface area contributed by atoms with Gasteiger partial charge in [-0.3, -0.25) is 9.69 Å². The van der Waals surface area contributed by atoms with Crippen LogP contribution in [0, 0.1) is 0 Å². The number of benzene rings is 2. The van der Waals surface area contributed by atoms with Gasteiger partial charge in [-0.15, -0.1) is 24.0 Å². The van der Waals surface area contributed by atoms with Gasteiger partial charge in [0.05, 0.1) is 0 Å². The van der Waals surface area contributed by atoms with Gasteiger partial charge < -0.3 is 16.0 Å². The first-order chi connectivity index (χ1) is 14.6. The fraction of sp³-hybridized carbons (Fsp3) is 0.417. The van der Waals surface area contributed by atoms with Crippen LogP contribution < -0.4 is 16.0 Å². The second-order valence-corrected chi connectivity index (χ2v) is 7.80. The van der Waals surface area contributed by atoms with Gasteiger partial charge in [-0.25, -0.2) is 4.99 Å². The Labute approximate surface area is 202 Å². The zero-order valence-electron chi connectivity index (χ0n) is 18.4. The number of hydrogen-bond donors (Lipinski definition) is 3.